The topological polar surface area (TPSA) is 364 Å². The molecule has 3 rings (SSSR count). The predicted octanol–water partition coefficient (Wildman–Crippen LogP) is 6.49. The predicted molar refractivity (Wildman–Crippen MR) is 265 cm³/mol. The van der Waals surface area contributed by atoms with Crippen molar-refractivity contribution in [3.05, 3.63) is 12.7 Å². The average molecular weight is 1090 g/mol. The van der Waals surface area contributed by atoms with Gasteiger partial charge in [-0.05, 0) is 6.42 Å². The number of amides is 2. The number of nitrogen functional groups attached to an aromatic ring is 1. The molecule has 1 fully saturated rings. The number of anilines is 1. The summed E-state index contributed by atoms with van der Waals surface area (Å²) in [5.41, 5.74) is 4.30. The van der Waals surface area contributed by atoms with Crippen molar-refractivity contribution >= 4 is 69.1 Å². The van der Waals surface area contributed by atoms with Crippen molar-refractivity contribution in [2.45, 2.75) is 186 Å². The number of thioether (sulfide) groups is 1. The van der Waals surface area contributed by atoms with Gasteiger partial charge >= 0.3 is 23.5 Å². The van der Waals surface area contributed by atoms with E-state index in [1.807, 2.05) is 0 Å². The summed E-state index contributed by atoms with van der Waals surface area (Å²) in [6.07, 6.45) is 18.0. The van der Waals surface area contributed by atoms with Crippen LogP contribution in [0.25, 0.3) is 11.2 Å². The van der Waals surface area contributed by atoms with Crippen LogP contribution in [0.15, 0.2) is 12.7 Å². The molecule has 28 heteroatoms. The zero-order valence-electron chi connectivity index (χ0n) is 41.2. The van der Waals surface area contributed by atoms with Gasteiger partial charge in [0.05, 0.1) is 19.5 Å². The molecule has 0 aliphatic carbocycles. The largest absolute Gasteiger partial charge is 0.481 e. The highest BCUT2D eigenvalue weighted by Gasteiger charge is 2.50. The summed E-state index contributed by atoms with van der Waals surface area (Å²) in [5.74, 6) is -1.01. The van der Waals surface area contributed by atoms with Crippen LogP contribution in [-0.4, -0.2) is 123 Å². The fraction of sp³-hybridized carbons (Fsp3) is 0.814. The van der Waals surface area contributed by atoms with Gasteiger partial charge in [-0.1, -0.05) is 148 Å². The van der Waals surface area contributed by atoms with Crippen LogP contribution in [0.2, 0.25) is 0 Å². The number of nitrogens with two attached hydrogens (primary N) is 1. The van der Waals surface area contributed by atoms with E-state index in [2.05, 4.69) is 41.3 Å². The lowest BCUT2D eigenvalue weighted by Gasteiger charge is -2.30. The van der Waals surface area contributed by atoms with Gasteiger partial charge in [-0.2, -0.15) is 4.31 Å². The first-order chi connectivity index (χ1) is 33.6. The fourth-order valence-electron chi connectivity index (χ4n) is 7.71. The Kier molecular flexibility index (Phi) is 28.4. The van der Waals surface area contributed by atoms with E-state index in [1.54, 1.807) is 0 Å². The summed E-state index contributed by atoms with van der Waals surface area (Å²) in [4.78, 5) is 88.5. The number of ether oxygens (including phenoxy) is 1. The normalized spacial score (nSPS) is 19.6. The van der Waals surface area contributed by atoms with Crippen LogP contribution in [0, 0.1) is 5.41 Å². The van der Waals surface area contributed by atoms with Gasteiger partial charge in [0.25, 0.3) is 0 Å². The Morgan fingerprint density at radius 3 is 1.92 bits per heavy atom. The second-order valence-electron chi connectivity index (χ2n) is 18.4. The molecule has 2 amide bonds. The Hall–Kier alpha value is -2.44. The number of carbonyl (C=O) groups excluding carboxylic acids is 3. The van der Waals surface area contributed by atoms with Gasteiger partial charge in [-0.15, -0.1) is 0 Å². The number of nitrogens with zero attached hydrogens (tertiary/aromatic N) is 4. The lowest BCUT2D eigenvalue weighted by Crippen LogP contribution is -2.46. The number of unbranched alkanes of at least 4 members (excludes halogenated alkanes) is 18. The molecule has 7 atom stereocenters. The minimum Gasteiger partial charge on any atom is -0.386 e. The minimum absolute atomic E-state index is 0.0344. The Bertz CT molecular complexity index is 2070. The number of hydrogen-bond donors (Lipinski definition) is 9. The van der Waals surface area contributed by atoms with Gasteiger partial charge in [0, 0.05) is 37.1 Å². The Labute approximate surface area is 420 Å². The number of carbonyl (C=O) groups is 3. The smallest absolute Gasteiger partial charge is 0.386 e. The van der Waals surface area contributed by atoms with E-state index < -0.39 is 84.6 Å². The second-order valence-corrected chi connectivity index (χ2v) is 23.8. The number of phosphoric acid groups is 3. The van der Waals surface area contributed by atoms with Crippen LogP contribution >= 0.6 is 35.2 Å². The second kappa shape index (κ2) is 32.1. The molecule has 1 saturated heterocycles. The lowest BCUT2D eigenvalue weighted by molar-refractivity contribution is -0.137. The molecule has 3 heterocycles. The number of rotatable bonds is 39. The molecule has 10 N–H and O–H groups in total. The molecular formula is C43H78N7O17P3S. The zero-order valence-corrected chi connectivity index (χ0v) is 44.7. The first kappa shape index (κ1) is 62.9. The molecule has 2 aromatic heterocycles. The first-order valence-corrected chi connectivity index (χ1v) is 30.1. The van der Waals surface area contributed by atoms with Gasteiger partial charge in [0.2, 0.25) is 11.8 Å². The highest BCUT2D eigenvalue weighted by atomic mass is 32.2. The average Bonchev–Trinajstić information content (AvgIpc) is 3.86. The number of imidazole rings is 1. The summed E-state index contributed by atoms with van der Waals surface area (Å²) in [6.45, 7) is 2.85. The van der Waals surface area contributed by atoms with Crippen molar-refractivity contribution < 1.29 is 80.5 Å². The molecule has 24 nitrogen and oxygen atoms in total. The van der Waals surface area contributed by atoms with Crippen LogP contribution in [0.1, 0.15) is 162 Å². The molecule has 0 saturated carbocycles. The van der Waals surface area contributed by atoms with Crippen LogP contribution in [-0.2, 0) is 50.7 Å². The third-order valence-electron chi connectivity index (χ3n) is 11.7. The minimum atomic E-state index is -5.58. The third kappa shape index (κ3) is 24.6. The van der Waals surface area contributed by atoms with Crippen LogP contribution < -0.4 is 16.4 Å². The molecule has 2 aromatic rings. The summed E-state index contributed by atoms with van der Waals surface area (Å²) < 4.78 is 62.5. The molecule has 0 radical (unpaired) electrons. The first-order valence-electron chi connectivity index (χ1n) is 24.6. The van der Waals surface area contributed by atoms with E-state index in [4.69, 9.17) is 19.5 Å². The number of phosphoric ester groups is 3. The molecule has 1 aliphatic heterocycles. The van der Waals surface area contributed by atoms with E-state index in [-0.39, 0.29) is 41.6 Å². The number of aliphatic hydroxyl groups is 2. The van der Waals surface area contributed by atoms with Crippen molar-refractivity contribution in [2.75, 3.05) is 37.8 Å². The van der Waals surface area contributed by atoms with Gasteiger partial charge in [0.15, 0.2) is 22.8 Å². The SMILES string of the molecule is CCCCCCCCCCCCCCCCCCCCCC(=O)SCCNC(=O)CCNC(=O)[C@H](O)C(C)(C)COP(=O)(O)OP(=O)(O)OC[C@H]1O[C@@H](n2cnc3c(N)ncnc32)[C@@H](O)C1OP(=O)(O)O. The van der Waals surface area contributed by atoms with E-state index >= 15 is 0 Å². The maximum absolute atomic E-state index is 12.8. The number of aliphatic hydroxyl groups excluding tert-OH is 2. The van der Waals surface area contributed by atoms with Crippen LogP contribution in [0.5, 0.6) is 0 Å². The van der Waals surface area contributed by atoms with E-state index in [1.165, 1.54) is 117 Å². The number of hydrogen-bond acceptors (Lipinski definition) is 18. The number of fused-ring (bicyclic) bond motifs is 1. The molecule has 0 aromatic carbocycles. The van der Waals surface area contributed by atoms with E-state index in [0.29, 0.717) is 12.2 Å². The molecule has 0 spiro atoms. The van der Waals surface area contributed by atoms with Gasteiger partial charge in [0.1, 0.15) is 36.3 Å². The lowest BCUT2D eigenvalue weighted by atomic mass is 9.87. The third-order valence-corrected chi connectivity index (χ3v) is 15.8. The van der Waals surface area contributed by atoms with Crippen molar-refractivity contribution in [3.8, 4) is 0 Å². The highest BCUT2D eigenvalue weighted by molar-refractivity contribution is 8.13. The fourth-order valence-corrected chi connectivity index (χ4v) is 11.3. The van der Waals surface area contributed by atoms with Gasteiger partial charge in [-0.3, -0.25) is 32.5 Å². The van der Waals surface area contributed by atoms with E-state index in [9.17, 15) is 57.9 Å². The Balaban J connectivity index is 1.24. The quantitative estimate of drug-likeness (QED) is 0.0255. The molecular weight excluding hydrogens is 1010 g/mol. The summed E-state index contributed by atoms with van der Waals surface area (Å²) >= 11 is 1.16. The molecule has 0 bridgehead atoms. The summed E-state index contributed by atoms with van der Waals surface area (Å²) in [7, 11) is -16.4. The molecule has 1 aliphatic rings. The highest BCUT2D eigenvalue weighted by Crippen LogP contribution is 2.61. The van der Waals surface area contributed by atoms with Gasteiger partial charge in [-0.25, -0.2) is 28.6 Å². The maximum atomic E-state index is 12.8. The van der Waals surface area contributed by atoms with Crippen molar-refractivity contribution in [3.63, 3.8) is 0 Å². The van der Waals surface area contributed by atoms with E-state index in [0.717, 1.165) is 48.2 Å². The van der Waals surface area contributed by atoms with Crippen molar-refractivity contribution in [1.29, 1.82) is 0 Å². The zero-order chi connectivity index (χ0) is 52.5. The Morgan fingerprint density at radius 2 is 1.35 bits per heavy atom. The monoisotopic (exact) mass is 1090 g/mol. The van der Waals surface area contributed by atoms with Crippen molar-refractivity contribution in [2.24, 2.45) is 5.41 Å². The molecule has 71 heavy (non-hydrogen) atoms. The summed E-state index contributed by atoms with van der Waals surface area (Å²) in [5, 5.41) is 26.7. The van der Waals surface area contributed by atoms with Gasteiger partial charge < -0.3 is 50.9 Å². The number of nitrogens with one attached hydrogen (secondary N) is 2. The summed E-state index contributed by atoms with van der Waals surface area (Å²) in [6, 6.07) is 0. The standard InChI is InChI=1S/C43H78N7O17P3S/c1-4-5-6-7-8-9-10-11-12-13-14-15-16-17-18-19-20-21-22-23-34(52)71-27-26-45-33(51)24-25-46-41(55)38(54)43(2,3)29-64-70(61,62)67-69(59,60)63-28-32-37(66-68(56,57)58)36(53)42(65-32)50-31-49-35-39(44)47-30-48-40(35)50/h30-32,36-38,42,53-54H,4-29H2,1-3H3,(H,45,51)(H,46,55)(H,59,60)(H,61,62)(H2,44,47,48)(H2,56,57,58)/t32-,36+,37?,38+,42-/m1/s1. The maximum Gasteiger partial charge on any atom is 0.481 e. The number of aromatic nitrogens is 4. The van der Waals surface area contributed by atoms with Crippen LogP contribution in [0.3, 0.4) is 0 Å². The molecule has 3 unspecified atom stereocenters. The van der Waals surface area contributed by atoms with Crippen molar-refractivity contribution in [1.82, 2.24) is 30.2 Å². The van der Waals surface area contributed by atoms with Crippen LogP contribution in [0.4, 0.5) is 5.82 Å². The Morgan fingerprint density at radius 1 is 0.803 bits per heavy atom. The molecule has 408 valence electrons.